The van der Waals surface area contributed by atoms with Gasteiger partial charge in [0.05, 0.1) is 6.33 Å². The third-order valence-electron chi connectivity index (χ3n) is 3.55. The van der Waals surface area contributed by atoms with Crippen LogP contribution < -0.4 is 10.6 Å². The highest BCUT2D eigenvalue weighted by molar-refractivity contribution is 7.30. The number of hydrogen-bond donors (Lipinski definition) is 1. The van der Waals surface area contributed by atoms with E-state index in [9.17, 15) is 13.8 Å². The van der Waals surface area contributed by atoms with Crippen LogP contribution in [0, 0.1) is 18.4 Å². The SMILES string of the molecule is C#CC1(CO[P+](=O)[O-])CC[C@@H](n2cnc3c(N)nc(F)nc32)O1. The molecule has 3 atom stereocenters. The summed E-state index contributed by atoms with van der Waals surface area (Å²) in [5.41, 5.74) is 4.83. The Morgan fingerprint density at radius 1 is 1.70 bits per heavy atom. The van der Waals surface area contributed by atoms with E-state index < -0.39 is 26.2 Å². The van der Waals surface area contributed by atoms with Crippen molar-refractivity contribution in [3.8, 4) is 12.3 Å². The number of rotatable bonds is 4. The molecule has 3 heterocycles. The lowest BCUT2D eigenvalue weighted by molar-refractivity contribution is -0.190. The Hall–Kier alpha value is -2.18. The minimum Gasteiger partial charge on any atom is -0.566 e. The second-order valence-electron chi connectivity index (χ2n) is 4.95. The molecule has 0 radical (unpaired) electrons. The molecule has 0 saturated carbocycles. The maximum absolute atomic E-state index is 13.4. The van der Waals surface area contributed by atoms with Crippen LogP contribution in [0.5, 0.6) is 0 Å². The summed E-state index contributed by atoms with van der Waals surface area (Å²) in [6, 6.07) is 0. The fourth-order valence-corrected chi connectivity index (χ4v) is 2.78. The van der Waals surface area contributed by atoms with Crippen molar-refractivity contribution in [2.24, 2.45) is 0 Å². The van der Waals surface area contributed by atoms with Gasteiger partial charge in [-0.25, -0.2) is 4.98 Å². The van der Waals surface area contributed by atoms with E-state index in [4.69, 9.17) is 16.9 Å². The minimum absolute atomic E-state index is 0.0841. The molecule has 23 heavy (non-hydrogen) atoms. The molecular formula is C12H11FN5O4P. The third kappa shape index (κ3) is 2.87. The highest BCUT2D eigenvalue weighted by Crippen LogP contribution is 2.38. The number of fused-ring (bicyclic) bond motifs is 1. The van der Waals surface area contributed by atoms with Crippen molar-refractivity contribution in [3.63, 3.8) is 0 Å². The molecule has 11 heteroatoms. The highest BCUT2D eigenvalue weighted by Gasteiger charge is 2.42. The number of imidazole rings is 1. The molecule has 2 aromatic rings. The van der Waals surface area contributed by atoms with Crippen molar-refractivity contribution in [1.29, 1.82) is 0 Å². The Bertz CT molecular complexity index is 822. The second kappa shape index (κ2) is 5.79. The van der Waals surface area contributed by atoms with Crippen molar-refractivity contribution in [2.45, 2.75) is 24.7 Å². The number of hydrogen-bond acceptors (Lipinski definition) is 8. The van der Waals surface area contributed by atoms with E-state index in [1.165, 1.54) is 10.9 Å². The maximum Gasteiger partial charge on any atom is 0.488 e. The summed E-state index contributed by atoms with van der Waals surface area (Å²) >= 11 is 0. The van der Waals surface area contributed by atoms with Gasteiger partial charge in [0.15, 0.2) is 22.6 Å². The first-order valence-corrected chi connectivity index (χ1v) is 7.62. The lowest BCUT2D eigenvalue weighted by Crippen LogP contribution is -2.32. The smallest absolute Gasteiger partial charge is 0.488 e. The molecule has 2 N–H and O–H groups in total. The summed E-state index contributed by atoms with van der Waals surface area (Å²) in [6.45, 7) is -0.295. The van der Waals surface area contributed by atoms with Gasteiger partial charge in [0.25, 0.3) is 0 Å². The molecule has 1 aliphatic rings. The van der Waals surface area contributed by atoms with E-state index in [1.807, 2.05) is 0 Å². The minimum atomic E-state index is -3.03. The van der Waals surface area contributed by atoms with Gasteiger partial charge >= 0.3 is 14.3 Å². The number of anilines is 1. The zero-order valence-electron chi connectivity index (χ0n) is 11.7. The second-order valence-corrected chi connectivity index (χ2v) is 5.65. The van der Waals surface area contributed by atoms with Gasteiger partial charge in [-0.05, 0) is 17.4 Å². The Balaban J connectivity index is 1.90. The molecule has 0 aromatic carbocycles. The van der Waals surface area contributed by atoms with Gasteiger partial charge in [-0.2, -0.15) is 14.4 Å². The number of nitrogens with two attached hydrogens (primary N) is 1. The predicted octanol–water partition coefficient (Wildman–Crippen LogP) is 0.263. The van der Waals surface area contributed by atoms with Crippen LogP contribution in [0.3, 0.4) is 0 Å². The quantitative estimate of drug-likeness (QED) is 0.477. The number of ether oxygens (including phenoxy) is 1. The maximum atomic E-state index is 13.4. The molecule has 120 valence electrons. The molecule has 0 aliphatic carbocycles. The summed E-state index contributed by atoms with van der Waals surface area (Å²) in [6.07, 6.45) is 6.06. The third-order valence-corrected chi connectivity index (χ3v) is 3.89. The predicted molar refractivity (Wildman–Crippen MR) is 74.2 cm³/mol. The van der Waals surface area contributed by atoms with E-state index in [0.717, 1.165) is 0 Å². The monoisotopic (exact) mass is 339 g/mol. The lowest BCUT2D eigenvalue weighted by Gasteiger charge is -2.21. The molecule has 0 spiro atoms. The molecule has 0 bridgehead atoms. The first kappa shape index (κ1) is 15.7. The summed E-state index contributed by atoms with van der Waals surface area (Å²) < 4.78 is 35.7. The number of aromatic nitrogens is 4. The van der Waals surface area contributed by atoms with Crippen molar-refractivity contribution >= 4 is 25.2 Å². The summed E-state index contributed by atoms with van der Waals surface area (Å²) in [5, 5.41) is 0. The average Bonchev–Trinajstić information content (AvgIpc) is 3.09. The Labute approximate surface area is 130 Å². The van der Waals surface area contributed by atoms with Gasteiger partial charge in [0, 0.05) is 0 Å². The molecular weight excluding hydrogens is 328 g/mol. The fourth-order valence-electron chi connectivity index (χ4n) is 2.46. The number of nitrogens with zero attached hydrogens (tertiary/aromatic N) is 4. The van der Waals surface area contributed by atoms with Gasteiger partial charge in [0.2, 0.25) is 0 Å². The number of terminal acetylenes is 1. The highest BCUT2D eigenvalue weighted by atomic mass is 31.1. The van der Waals surface area contributed by atoms with E-state index in [-0.39, 0.29) is 23.6 Å². The van der Waals surface area contributed by atoms with Crippen LogP contribution in [0.15, 0.2) is 6.33 Å². The number of nitrogen functional groups attached to an aromatic ring is 1. The van der Waals surface area contributed by atoms with E-state index in [1.54, 1.807) is 0 Å². The topological polar surface area (TPSA) is 128 Å². The van der Waals surface area contributed by atoms with E-state index in [2.05, 4.69) is 25.4 Å². The Kier molecular flexibility index (Phi) is 3.95. The Morgan fingerprint density at radius 2 is 2.48 bits per heavy atom. The van der Waals surface area contributed by atoms with E-state index >= 15 is 0 Å². The van der Waals surface area contributed by atoms with Crippen molar-refractivity contribution < 1.29 is 23.1 Å². The van der Waals surface area contributed by atoms with Gasteiger partial charge in [-0.3, -0.25) is 4.57 Å². The molecule has 2 aromatic heterocycles. The van der Waals surface area contributed by atoms with E-state index in [0.29, 0.717) is 12.8 Å². The largest absolute Gasteiger partial charge is 0.566 e. The van der Waals surface area contributed by atoms with Crippen LogP contribution >= 0.6 is 8.25 Å². The van der Waals surface area contributed by atoms with Crippen molar-refractivity contribution in [3.05, 3.63) is 12.4 Å². The van der Waals surface area contributed by atoms with Gasteiger partial charge in [-0.1, -0.05) is 5.92 Å². The fraction of sp³-hybridized carbons (Fsp3) is 0.417. The zero-order chi connectivity index (χ0) is 16.6. The van der Waals surface area contributed by atoms with Crippen LogP contribution in [-0.4, -0.2) is 31.7 Å². The normalized spacial score (nSPS) is 24.7. The van der Waals surface area contributed by atoms with Crippen LogP contribution in [0.2, 0.25) is 0 Å². The van der Waals surface area contributed by atoms with Crippen LogP contribution in [0.1, 0.15) is 19.1 Å². The average molecular weight is 339 g/mol. The first-order valence-electron chi connectivity index (χ1n) is 6.52. The van der Waals surface area contributed by atoms with Crippen LogP contribution in [0.25, 0.3) is 11.2 Å². The zero-order valence-corrected chi connectivity index (χ0v) is 12.6. The first-order chi connectivity index (χ1) is 10.9. The summed E-state index contributed by atoms with van der Waals surface area (Å²) in [4.78, 5) is 21.7. The molecule has 9 nitrogen and oxygen atoms in total. The van der Waals surface area contributed by atoms with Gasteiger partial charge in [0.1, 0.15) is 12.8 Å². The number of halogens is 1. The molecule has 3 rings (SSSR count). The van der Waals surface area contributed by atoms with Gasteiger partial charge < -0.3 is 15.4 Å². The standard InChI is InChI=1S/C12H11FN5O4P/c1-2-12(5-21-23(19)20)4-3-7(22-12)18-6-15-8-9(14)16-11(13)17-10(8)18/h1,6-7H,3-5H2,(H2,14,16,17)/t7-,12?/m0/s1. The van der Waals surface area contributed by atoms with Crippen LogP contribution in [-0.2, 0) is 13.8 Å². The Morgan fingerprint density at radius 3 is 3.17 bits per heavy atom. The summed E-state index contributed by atoms with van der Waals surface area (Å²) in [5.74, 6) is 2.33. The lowest BCUT2D eigenvalue weighted by atomic mass is 10.0. The molecule has 1 saturated heterocycles. The van der Waals surface area contributed by atoms with Crippen molar-refractivity contribution in [1.82, 2.24) is 19.5 Å². The molecule has 0 amide bonds. The summed E-state index contributed by atoms with van der Waals surface area (Å²) in [7, 11) is -3.03. The van der Waals surface area contributed by atoms with Crippen LogP contribution in [0.4, 0.5) is 10.2 Å². The molecule has 1 fully saturated rings. The molecule has 1 aliphatic heterocycles. The van der Waals surface area contributed by atoms with Gasteiger partial charge in [-0.15, -0.1) is 10.9 Å². The van der Waals surface area contributed by atoms with Crippen molar-refractivity contribution in [2.75, 3.05) is 12.3 Å². The molecule has 2 unspecified atom stereocenters.